The minimum Gasteiger partial charge on any atom is -0.494 e. The van der Waals surface area contributed by atoms with Crippen molar-refractivity contribution in [2.75, 3.05) is 24.7 Å². The highest BCUT2D eigenvalue weighted by atomic mass is 32.2. The zero-order valence-electron chi connectivity index (χ0n) is 9.95. The topological polar surface area (TPSA) is 35.2 Å². The van der Waals surface area contributed by atoms with Gasteiger partial charge in [-0.2, -0.15) is 11.8 Å². The first-order chi connectivity index (χ1) is 7.83. The molecule has 0 aliphatic rings. The fourth-order valence-corrected chi connectivity index (χ4v) is 2.24. The SMILES string of the molecule is Cc1cccc(OCCCSCCCN)c1. The van der Waals surface area contributed by atoms with Crippen LogP contribution in [0.1, 0.15) is 18.4 Å². The Bertz CT molecular complexity index is 291. The normalized spacial score (nSPS) is 10.4. The van der Waals surface area contributed by atoms with Crippen molar-refractivity contribution in [1.82, 2.24) is 0 Å². The van der Waals surface area contributed by atoms with Gasteiger partial charge in [-0.15, -0.1) is 0 Å². The molecule has 0 aliphatic carbocycles. The lowest BCUT2D eigenvalue weighted by Gasteiger charge is -2.06. The first kappa shape index (κ1) is 13.4. The maximum Gasteiger partial charge on any atom is 0.119 e. The Balaban J connectivity index is 2.03. The molecule has 0 bridgehead atoms. The molecule has 2 N–H and O–H groups in total. The molecule has 1 aromatic rings. The van der Waals surface area contributed by atoms with Crippen LogP contribution in [0.5, 0.6) is 5.75 Å². The monoisotopic (exact) mass is 239 g/mol. The standard InChI is InChI=1S/C13H21NOS/c1-12-5-2-6-13(11-12)15-8-4-10-16-9-3-7-14/h2,5-6,11H,3-4,7-10,14H2,1H3. The Morgan fingerprint density at radius 2 is 2.06 bits per heavy atom. The molecule has 16 heavy (non-hydrogen) atoms. The fourth-order valence-electron chi connectivity index (χ4n) is 1.34. The summed E-state index contributed by atoms with van der Waals surface area (Å²) in [6.07, 6.45) is 2.21. The Labute approximate surface area is 103 Å². The molecule has 0 saturated heterocycles. The van der Waals surface area contributed by atoms with Crippen molar-refractivity contribution in [1.29, 1.82) is 0 Å². The highest BCUT2D eigenvalue weighted by molar-refractivity contribution is 7.99. The van der Waals surface area contributed by atoms with Gasteiger partial charge in [-0.1, -0.05) is 12.1 Å². The van der Waals surface area contributed by atoms with Gasteiger partial charge in [0.05, 0.1) is 6.61 Å². The van der Waals surface area contributed by atoms with E-state index in [4.69, 9.17) is 10.5 Å². The van der Waals surface area contributed by atoms with E-state index in [1.807, 2.05) is 23.9 Å². The van der Waals surface area contributed by atoms with Crippen LogP contribution in [-0.2, 0) is 0 Å². The van der Waals surface area contributed by atoms with Crippen LogP contribution in [0.3, 0.4) is 0 Å². The van der Waals surface area contributed by atoms with E-state index in [-0.39, 0.29) is 0 Å². The van der Waals surface area contributed by atoms with Crippen LogP contribution in [0.15, 0.2) is 24.3 Å². The van der Waals surface area contributed by atoms with Crippen LogP contribution < -0.4 is 10.5 Å². The van der Waals surface area contributed by atoms with Crippen molar-refractivity contribution >= 4 is 11.8 Å². The number of rotatable bonds is 8. The number of benzene rings is 1. The van der Waals surface area contributed by atoms with Crippen molar-refractivity contribution in [3.63, 3.8) is 0 Å². The van der Waals surface area contributed by atoms with Crippen molar-refractivity contribution < 1.29 is 4.74 Å². The van der Waals surface area contributed by atoms with Crippen molar-refractivity contribution in [2.45, 2.75) is 19.8 Å². The second-order valence-electron chi connectivity index (χ2n) is 3.77. The van der Waals surface area contributed by atoms with Gasteiger partial charge in [0.15, 0.2) is 0 Å². The van der Waals surface area contributed by atoms with Gasteiger partial charge in [-0.3, -0.25) is 0 Å². The molecular weight excluding hydrogens is 218 g/mol. The first-order valence-corrected chi connectivity index (χ1v) is 6.95. The maximum atomic E-state index is 5.66. The molecule has 0 radical (unpaired) electrons. The van der Waals surface area contributed by atoms with E-state index in [1.54, 1.807) is 0 Å². The van der Waals surface area contributed by atoms with Crippen molar-refractivity contribution in [2.24, 2.45) is 5.73 Å². The smallest absolute Gasteiger partial charge is 0.119 e. The number of ether oxygens (including phenoxy) is 1. The third-order valence-electron chi connectivity index (χ3n) is 2.18. The van der Waals surface area contributed by atoms with E-state index in [9.17, 15) is 0 Å². The molecule has 90 valence electrons. The van der Waals surface area contributed by atoms with Crippen LogP contribution in [-0.4, -0.2) is 24.7 Å². The van der Waals surface area contributed by atoms with Crippen LogP contribution in [0.4, 0.5) is 0 Å². The fraction of sp³-hybridized carbons (Fsp3) is 0.538. The zero-order chi connectivity index (χ0) is 11.6. The van der Waals surface area contributed by atoms with E-state index < -0.39 is 0 Å². The number of nitrogens with two attached hydrogens (primary N) is 1. The second-order valence-corrected chi connectivity index (χ2v) is 5.00. The maximum absolute atomic E-state index is 5.66. The highest BCUT2D eigenvalue weighted by Gasteiger charge is 1.94. The number of hydrogen-bond donors (Lipinski definition) is 1. The lowest BCUT2D eigenvalue weighted by molar-refractivity contribution is 0.318. The van der Waals surface area contributed by atoms with Crippen molar-refractivity contribution in [3.8, 4) is 5.75 Å². The second kappa shape index (κ2) is 8.48. The van der Waals surface area contributed by atoms with Gasteiger partial charge >= 0.3 is 0 Å². The minimum atomic E-state index is 0.798. The molecule has 0 amide bonds. The predicted octanol–water partition coefficient (Wildman–Crippen LogP) is 2.85. The van der Waals surface area contributed by atoms with Gasteiger partial charge in [-0.25, -0.2) is 0 Å². The van der Waals surface area contributed by atoms with Gasteiger partial charge in [0, 0.05) is 0 Å². The first-order valence-electron chi connectivity index (χ1n) is 5.80. The summed E-state index contributed by atoms with van der Waals surface area (Å²) in [7, 11) is 0. The molecular formula is C13H21NOS. The molecule has 2 nitrogen and oxygen atoms in total. The number of aryl methyl sites for hydroxylation is 1. The third kappa shape index (κ3) is 6.03. The number of hydrogen-bond acceptors (Lipinski definition) is 3. The highest BCUT2D eigenvalue weighted by Crippen LogP contribution is 2.13. The average Bonchev–Trinajstić information content (AvgIpc) is 2.28. The summed E-state index contributed by atoms with van der Waals surface area (Å²) in [4.78, 5) is 0. The van der Waals surface area contributed by atoms with Crippen LogP contribution in [0.2, 0.25) is 0 Å². The van der Waals surface area contributed by atoms with Crippen LogP contribution in [0, 0.1) is 6.92 Å². The predicted molar refractivity (Wildman–Crippen MR) is 72.3 cm³/mol. The Morgan fingerprint density at radius 3 is 2.81 bits per heavy atom. The van der Waals surface area contributed by atoms with E-state index >= 15 is 0 Å². The molecule has 0 spiro atoms. The summed E-state index contributed by atoms with van der Waals surface area (Å²) in [6, 6.07) is 8.19. The molecule has 0 unspecified atom stereocenters. The molecule has 1 rings (SSSR count). The van der Waals surface area contributed by atoms with E-state index in [0.29, 0.717) is 0 Å². The zero-order valence-corrected chi connectivity index (χ0v) is 10.8. The molecule has 0 fully saturated rings. The average molecular weight is 239 g/mol. The Kier molecular flexibility index (Phi) is 7.10. The van der Waals surface area contributed by atoms with Gasteiger partial charge in [0.2, 0.25) is 0 Å². The Morgan fingerprint density at radius 1 is 1.25 bits per heavy atom. The van der Waals surface area contributed by atoms with Crippen LogP contribution >= 0.6 is 11.8 Å². The van der Waals surface area contributed by atoms with E-state index in [0.717, 1.165) is 37.5 Å². The van der Waals surface area contributed by atoms with Crippen LogP contribution in [0.25, 0.3) is 0 Å². The summed E-state index contributed by atoms with van der Waals surface area (Å²) in [5.41, 5.74) is 6.67. The molecule has 0 aliphatic heterocycles. The quantitative estimate of drug-likeness (QED) is 0.709. The summed E-state index contributed by atoms with van der Waals surface area (Å²) < 4.78 is 5.66. The van der Waals surface area contributed by atoms with Gasteiger partial charge in [-0.05, 0) is 55.5 Å². The summed E-state index contributed by atoms with van der Waals surface area (Å²) >= 11 is 1.96. The lowest BCUT2D eigenvalue weighted by Crippen LogP contribution is -2.01. The third-order valence-corrected chi connectivity index (χ3v) is 3.34. The molecule has 0 aromatic heterocycles. The molecule has 0 heterocycles. The minimum absolute atomic E-state index is 0.798. The lowest BCUT2D eigenvalue weighted by atomic mass is 10.2. The van der Waals surface area contributed by atoms with Gasteiger partial charge in [0.1, 0.15) is 5.75 Å². The van der Waals surface area contributed by atoms with Gasteiger partial charge in [0.25, 0.3) is 0 Å². The van der Waals surface area contributed by atoms with Crippen molar-refractivity contribution in [3.05, 3.63) is 29.8 Å². The molecule has 0 saturated carbocycles. The number of thioether (sulfide) groups is 1. The largest absolute Gasteiger partial charge is 0.494 e. The molecule has 0 atom stereocenters. The van der Waals surface area contributed by atoms with E-state index in [1.165, 1.54) is 11.3 Å². The summed E-state index contributed by atoms with van der Waals surface area (Å²) in [5, 5.41) is 0. The summed E-state index contributed by atoms with van der Waals surface area (Å²) in [6.45, 7) is 3.68. The van der Waals surface area contributed by atoms with Gasteiger partial charge < -0.3 is 10.5 Å². The molecule has 1 aromatic carbocycles. The molecule has 3 heteroatoms. The Hall–Kier alpha value is -0.670. The van der Waals surface area contributed by atoms with E-state index in [2.05, 4.69) is 19.1 Å². The summed E-state index contributed by atoms with van der Waals surface area (Å²) in [5.74, 6) is 3.30.